The largest absolute Gasteiger partial charge is 0.429 e. The number of likely N-dealkylation sites (tertiary alicyclic amines) is 2. The smallest absolute Gasteiger partial charge is 0.415 e. The second kappa shape index (κ2) is 11.0. The number of aliphatic hydroxyl groups is 2. The summed E-state index contributed by atoms with van der Waals surface area (Å²) in [6.45, 7) is 7.51. The lowest BCUT2D eigenvalue weighted by atomic mass is 9.85. The molecular formula is C33H38N4O7. The van der Waals surface area contributed by atoms with Gasteiger partial charge >= 0.3 is 12.1 Å². The monoisotopic (exact) mass is 603 g/mol. The fourth-order valence-corrected chi connectivity index (χ4v) is 7.52. The number of hydrogen-bond donors (Lipinski definition) is 2. The van der Waals surface area contributed by atoms with E-state index in [1.165, 1.54) is 23.8 Å². The number of nitrogens with zero attached hydrogens (tertiary/aromatic N) is 4. The zero-order valence-electron chi connectivity index (χ0n) is 25.2. The maximum absolute atomic E-state index is 13.6. The third-order valence-corrected chi connectivity index (χ3v) is 10.0. The molecule has 6 heterocycles. The van der Waals surface area contributed by atoms with Crippen molar-refractivity contribution in [2.45, 2.75) is 83.3 Å². The number of esters is 1. The van der Waals surface area contributed by atoms with Crippen LogP contribution in [-0.4, -0.2) is 73.8 Å². The molecule has 4 aliphatic rings. The van der Waals surface area contributed by atoms with Gasteiger partial charge in [-0.25, -0.2) is 14.6 Å². The predicted octanol–water partition coefficient (Wildman–Crippen LogP) is 3.58. The number of rotatable bonds is 4. The fourth-order valence-electron chi connectivity index (χ4n) is 7.52. The quantitative estimate of drug-likeness (QED) is 0.265. The van der Waals surface area contributed by atoms with Gasteiger partial charge in [0.1, 0.15) is 5.75 Å². The van der Waals surface area contributed by atoms with Gasteiger partial charge in [-0.15, -0.1) is 0 Å². The highest BCUT2D eigenvalue weighted by Gasteiger charge is 2.48. The summed E-state index contributed by atoms with van der Waals surface area (Å²) in [7, 11) is 0. The highest BCUT2D eigenvalue weighted by Crippen LogP contribution is 2.42. The summed E-state index contributed by atoms with van der Waals surface area (Å²) >= 11 is 0. The Kier molecular flexibility index (Phi) is 7.22. The minimum absolute atomic E-state index is 0.0232. The zero-order chi connectivity index (χ0) is 30.7. The standard InChI is InChI=1S/C33H38N4O7/c1-3-21-22-16-20(43-32(41)36-14-10-19(11-15-36)35-12-6-5-7-13-35)8-9-25(22)34-28-23(21)18-37-26(28)17-24-27(29(37)38)30(39)44-31(40)33(24,42)4-2/h8-9,16-17,19,30,39,42H,3-7,10-15,18H2,1-2H3/t30?,33-/m0/s1/i35+1. The van der Waals surface area contributed by atoms with Gasteiger partial charge in [-0.3, -0.25) is 4.79 Å². The summed E-state index contributed by atoms with van der Waals surface area (Å²) in [5.41, 5.74) is 0.864. The summed E-state index contributed by atoms with van der Waals surface area (Å²) in [5, 5.41) is 22.5. The van der Waals surface area contributed by atoms with Crippen molar-refractivity contribution in [3.63, 3.8) is 0 Å². The molecule has 0 bridgehead atoms. The van der Waals surface area contributed by atoms with Crippen LogP contribution in [0.1, 0.15) is 80.9 Å². The molecule has 1 unspecified atom stereocenters. The number of carbonyl (C=O) groups is 2. The molecule has 2 N–H and O–H groups in total. The van der Waals surface area contributed by atoms with E-state index in [4.69, 9.17) is 14.5 Å². The van der Waals surface area contributed by atoms with E-state index in [2.05, 4.69) is 4.90 Å². The molecule has 44 heavy (non-hydrogen) atoms. The van der Waals surface area contributed by atoms with Gasteiger partial charge in [0.05, 0.1) is 29.0 Å². The van der Waals surface area contributed by atoms with E-state index in [-0.39, 0.29) is 30.2 Å². The van der Waals surface area contributed by atoms with Crippen LogP contribution in [0.3, 0.4) is 0 Å². The van der Waals surface area contributed by atoms with Gasteiger partial charge in [0.25, 0.3) is 5.56 Å². The van der Waals surface area contributed by atoms with Crippen LogP contribution in [0.4, 0.5) is 4.79 Å². The van der Waals surface area contributed by atoms with Crippen LogP contribution in [0.5, 0.6) is 5.75 Å². The number of carbonyl (C=O) groups excluding carboxylic acids is 2. The average Bonchev–Trinajstić information content (AvgIpc) is 3.41. The molecule has 2 fully saturated rings. The lowest BCUT2D eigenvalue weighted by molar-refractivity contribution is -0.199. The van der Waals surface area contributed by atoms with Crippen molar-refractivity contribution in [3.8, 4) is 17.1 Å². The molecular weight excluding hydrogens is 565 g/mol. The van der Waals surface area contributed by atoms with Crippen LogP contribution in [0.15, 0.2) is 29.1 Å². The summed E-state index contributed by atoms with van der Waals surface area (Å²) in [5.74, 6) is -0.552. The number of piperidine rings is 2. The van der Waals surface area contributed by atoms with E-state index in [0.29, 0.717) is 48.2 Å². The molecule has 0 radical (unpaired) electrons. The van der Waals surface area contributed by atoms with E-state index in [0.717, 1.165) is 42.4 Å². The second-order valence-corrected chi connectivity index (χ2v) is 12.4. The lowest BCUT2D eigenvalue weighted by Crippen LogP contribution is -2.48. The van der Waals surface area contributed by atoms with Crippen LogP contribution >= 0.6 is 0 Å². The van der Waals surface area contributed by atoms with E-state index < -0.39 is 23.4 Å². The molecule has 1 amide bonds. The Morgan fingerprint density at radius 3 is 2.55 bits per heavy atom. The first kappa shape index (κ1) is 28.9. The number of amides is 1. The Labute approximate surface area is 255 Å². The van der Waals surface area contributed by atoms with Crippen LogP contribution in [0.2, 0.25) is 0 Å². The molecule has 2 saturated heterocycles. The van der Waals surface area contributed by atoms with Crippen molar-refractivity contribution in [3.05, 3.63) is 56.9 Å². The van der Waals surface area contributed by atoms with Crippen molar-refractivity contribution >= 4 is 23.0 Å². The van der Waals surface area contributed by atoms with Crippen molar-refractivity contribution in [1.82, 2.24) is 19.4 Å². The third kappa shape index (κ3) is 4.52. The Morgan fingerprint density at radius 2 is 1.84 bits per heavy atom. The number of aliphatic hydroxyl groups excluding tert-OH is 1. The number of cyclic esters (lactones) is 1. The lowest BCUT2D eigenvalue weighted by Gasteiger charge is -2.39. The number of ether oxygens (including phenoxy) is 2. The second-order valence-electron chi connectivity index (χ2n) is 12.4. The Balaban J connectivity index is 1.18. The summed E-state index contributed by atoms with van der Waals surface area (Å²) in [4.78, 5) is 48.6. The molecule has 7 rings (SSSR count). The van der Waals surface area contributed by atoms with Crippen LogP contribution in [-0.2, 0) is 28.1 Å². The van der Waals surface area contributed by atoms with Crippen LogP contribution < -0.4 is 10.3 Å². The number of pyridine rings is 2. The Hall–Kier alpha value is -3.80. The zero-order valence-corrected chi connectivity index (χ0v) is 25.2. The normalized spacial score (nSPS) is 23.7. The first-order valence-corrected chi connectivity index (χ1v) is 15.8. The highest BCUT2D eigenvalue weighted by molar-refractivity contribution is 5.90. The fraction of sp³-hybridized carbons (Fsp3) is 0.515. The molecule has 0 aliphatic carbocycles. The average molecular weight is 604 g/mol. The minimum atomic E-state index is -2.04. The van der Waals surface area contributed by atoms with Gasteiger partial charge in [0.2, 0.25) is 6.29 Å². The SMILES string of the molecule is CCc1c2c(nc3ccc(OC(=O)N4CCC([15N]5CCCCC5)CC4)cc13)-c1cc3c(c(=O)n1C2)C(O)OC(=O)[C@]3(O)CC. The molecule has 0 saturated carbocycles. The van der Waals surface area contributed by atoms with Gasteiger partial charge in [-0.05, 0) is 81.4 Å². The third-order valence-electron chi connectivity index (χ3n) is 10.0. The highest BCUT2D eigenvalue weighted by atomic mass is 16.6. The maximum Gasteiger partial charge on any atom is 0.415 e. The predicted molar refractivity (Wildman–Crippen MR) is 161 cm³/mol. The minimum Gasteiger partial charge on any atom is -0.429 e. The van der Waals surface area contributed by atoms with Crippen molar-refractivity contribution in [2.24, 2.45) is 0 Å². The summed E-state index contributed by atoms with van der Waals surface area (Å²) in [6, 6.07) is 7.50. The van der Waals surface area contributed by atoms with Crippen LogP contribution in [0, 0.1) is 0 Å². The Bertz CT molecular complexity index is 1720. The van der Waals surface area contributed by atoms with Crippen molar-refractivity contribution in [1.29, 1.82) is 0 Å². The van der Waals surface area contributed by atoms with Crippen molar-refractivity contribution in [2.75, 3.05) is 26.2 Å². The molecule has 11 heteroatoms. The van der Waals surface area contributed by atoms with Gasteiger partial charge < -0.3 is 34.1 Å². The molecule has 11 nitrogen and oxygen atoms in total. The molecule has 2 atom stereocenters. The molecule has 3 aromatic rings. The topological polar surface area (TPSA) is 134 Å². The molecule has 1 aromatic carbocycles. The first-order chi connectivity index (χ1) is 21.2. The number of fused-ring (bicyclic) bond motifs is 5. The number of benzene rings is 1. The molecule has 2 aromatic heterocycles. The number of aryl methyl sites for hydroxylation is 1. The molecule has 232 valence electrons. The van der Waals surface area contributed by atoms with Gasteiger partial charge in [-0.1, -0.05) is 20.3 Å². The maximum atomic E-state index is 13.6. The number of hydrogen-bond acceptors (Lipinski definition) is 9. The summed E-state index contributed by atoms with van der Waals surface area (Å²) < 4.78 is 12.3. The van der Waals surface area contributed by atoms with Gasteiger partial charge in [0, 0.05) is 35.6 Å². The van der Waals surface area contributed by atoms with Crippen LogP contribution in [0.25, 0.3) is 22.3 Å². The molecule has 0 spiro atoms. The Morgan fingerprint density at radius 1 is 1.09 bits per heavy atom. The van der Waals surface area contributed by atoms with E-state index >= 15 is 0 Å². The van der Waals surface area contributed by atoms with E-state index in [1.54, 1.807) is 24.0 Å². The van der Waals surface area contributed by atoms with E-state index in [9.17, 15) is 24.6 Å². The molecule has 4 aliphatic heterocycles. The van der Waals surface area contributed by atoms with Gasteiger partial charge in [-0.2, -0.15) is 0 Å². The van der Waals surface area contributed by atoms with Gasteiger partial charge in [0.15, 0.2) is 5.60 Å². The number of aromatic nitrogens is 2. The first-order valence-electron chi connectivity index (χ1n) is 15.8. The summed E-state index contributed by atoms with van der Waals surface area (Å²) in [6.07, 6.45) is 4.24. The van der Waals surface area contributed by atoms with Crippen molar-refractivity contribution < 1.29 is 29.3 Å². The van der Waals surface area contributed by atoms with E-state index in [1.807, 2.05) is 19.1 Å².